The van der Waals surface area contributed by atoms with E-state index in [1.54, 1.807) is 6.20 Å². The van der Waals surface area contributed by atoms with E-state index in [4.69, 9.17) is 0 Å². The minimum absolute atomic E-state index is 0.221. The van der Waals surface area contributed by atoms with Crippen LogP contribution in [-0.2, 0) is 24.1 Å². The maximum Gasteiger partial charge on any atom is 0.228 e. The number of piperidine rings is 1. The number of rotatable bonds is 2. The summed E-state index contributed by atoms with van der Waals surface area (Å²) in [6.45, 7) is 3.81. The second kappa shape index (κ2) is 6.04. The van der Waals surface area contributed by atoms with Crippen LogP contribution < -0.4 is 0 Å². The molecule has 0 saturated carbocycles. The van der Waals surface area contributed by atoms with Crippen molar-refractivity contribution in [1.82, 2.24) is 9.88 Å². The van der Waals surface area contributed by atoms with E-state index in [-0.39, 0.29) is 5.91 Å². The summed E-state index contributed by atoms with van der Waals surface area (Å²) in [5.74, 6) is 0.221. The van der Waals surface area contributed by atoms with Crippen molar-refractivity contribution in [2.75, 3.05) is 13.1 Å². The number of carbonyl (C=O) groups is 1. The Morgan fingerprint density at radius 3 is 2.42 bits per heavy atom. The van der Waals surface area contributed by atoms with Gasteiger partial charge < -0.3 is 4.90 Å². The summed E-state index contributed by atoms with van der Waals surface area (Å²) in [6.07, 6.45) is 6.83. The summed E-state index contributed by atoms with van der Waals surface area (Å²) in [4.78, 5) is 19.0. The van der Waals surface area contributed by atoms with Crippen LogP contribution in [0, 0.1) is 12.3 Å². The average Bonchev–Trinajstić information content (AvgIpc) is 2.93. The van der Waals surface area contributed by atoms with Crippen LogP contribution in [-0.4, -0.2) is 28.9 Å². The van der Waals surface area contributed by atoms with Gasteiger partial charge in [0.15, 0.2) is 0 Å². The van der Waals surface area contributed by atoms with Crippen molar-refractivity contribution in [3.05, 3.63) is 65.0 Å². The molecule has 4 rings (SSSR count). The summed E-state index contributed by atoms with van der Waals surface area (Å²) < 4.78 is 0. The van der Waals surface area contributed by atoms with Crippen molar-refractivity contribution in [3.8, 4) is 0 Å². The van der Waals surface area contributed by atoms with Gasteiger partial charge in [0.2, 0.25) is 5.91 Å². The van der Waals surface area contributed by atoms with Crippen LogP contribution in [0.2, 0.25) is 0 Å². The van der Waals surface area contributed by atoms with Gasteiger partial charge in [-0.1, -0.05) is 24.3 Å². The standard InChI is InChI=1S/C21H24N2O/c1-16-6-9-22-19(12-16)13-20(24)23-10-7-21(8-11-23)14-17-4-2-3-5-18(17)15-21/h2-6,9,12H,7-8,10-11,13-15H2,1H3. The van der Waals surface area contributed by atoms with Gasteiger partial charge in [-0.05, 0) is 66.8 Å². The number of hydrogen-bond donors (Lipinski definition) is 0. The Hall–Kier alpha value is -2.16. The maximum absolute atomic E-state index is 12.6. The van der Waals surface area contributed by atoms with E-state index in [9.17, 15) is 4.79 Å². The first-order valence-corrected chi connectivity index (χ1v) is 8.90. The Kier molecular flexibility index (Phi) is 3.87. The molecule has 2 heterocycles. The summed E-state index contributed by atoms with van der Waals surface area (Å²) in [5.41, 5.74) is 5.47. The van der Waals surface area contributed by atoms with Crippen LogP contribution >= 0.6 is 0 Å². The van der Waals surface area contributed by atoms with Gasteiger partial charge in [0.1, 0.15) is 0 Å². The van der Waals surface area contributed by atoms with E-state index in [1.807, 2.05) is 24.0 Å². The van der Waals surface area contributed by atoms with Gasteiger partial charge in [-0.2, -0.15) is 0 Å². The summed E-state index contributed by atoms with van der Waals surface area (Å²) in [7, 11) is 0. The van der Waals surface area contributed by atoms with Crippen LogP contribution in [0.4, 0.5) is 0 Å². The van der Waals surface area contributed by atoms with E-state index in [0.717, 1.165) is 37.2 Å². The van der Waals surface area contributed by atoms with Gasteiger partial charge in [0.25, 0.3) is 0 Å². The van der Waals surface area contributed by atoms with Crippen LogP contribution in [0.3, 0.4) is 0 Å². The third kappa shape index (κ3) is 2.95. The SMILES string of the molecule is Cc1ccnc(CC(=O)N2CCC3(CC2)Cc2ccccc2C3)c1. The minimum atomic E-state index is 0.221. The number of hydrogen-bond acceptors (Lipinski definition) is 2. The molecule has 0 atom stereocenters. The fraction of sp³-hybridized carbons (Fsp3) is 0.429. The van der Waals surface area contributed by atoms with Crippen molar-refractivity contribution in [1.29, 1.82) is 0 Å². The first kappa shape index (κ1) is 15.4. The van der Waals surface area contributed by atoms with Gasteiger partial charge in [0.05, 0.1) is 6.42 Å². The molecule has 3 heteroatoms. The largest absolute Gasteiger partial charge is 0.342 e. The summed E-state index contributed by atoms with van der Waals surface area (Å²) >= 11 is 0. The smallest absolute Gasteiger partial charge is 0.228 e. The summed E-state index contributed by atoms with van der Waals surface area (Å²) in [6, 6.07) is 12.8. The minimum Gasteiger partial charge on any atom is -0.342 e. The highest BCUT2D eigenvalue weighted by molar-refractivity contribution is 5.78. The lowest BCUT2D eigenvalue weighted by Crippen LogP contribution is -2.44. The highest BCUT2D eigenvalue weighted by Crippen LogP contribution is 2.44. The molecule has 1 aliphatic carbocycles. The zero-order valence-corrected chi connectivity index (χ0v) is 14.3. The topological polar surface area (TPSA) is 33.2 Å². The van der Waals surface area contributed by atoms with Crippen molar-refractivity contribution in [3.63, 3.8) is 0 Å². The Morgan fingerprint density at radius 2 is 1.79 bits per heavy atom. The molecular formula is C21H24N2O. The zero-order valence-electron chi connectivity index (χ0n) is 14.3. The number of amides is 1. The Bertz CT molecular complexity index is 733. The lowest BCUT2D eigenvalue weighted by molar-refractivity contribution is -0.132. The van der Waals surface area contributed by atoms with Gasteiger partial charge in [-0.3, -0.25) is 9.78 Å². The van der Waals surface area contributed by atoms with E-state index in [1.165, 1.54) is 24.0 Å². The van der Waals surface area contributed by atoms with E-state index in [0.29, 0.717) is 11.8 Å². The number of aromatic nitrogens is 1. The molecule has 1 aromatic carbocycles. The third-order valence-electron chi connectivity index (χ3n) is 5.73. The first-order valence-electron chi connectivity index (χ1n) is 8.90. The van der Waals surface area contributed by atoms with Crippen molar-refractivity contribution >= 4 is 5.91 Å². The van der Waals surface area contributed by atoms with Crippen LogP contribution in [0.25, 0.3) is 0 Å². The summed E-state index contributed by atoms with van der Waals surface area (Å²) in [5, 5.41) is 0. The predicted octanol–water partition coefficient (Wildman–Crippen LogP) is 3.34. The van der Waals surface area contributed by atoms with Crippen LogP contribution in [0.1, 0.15) is 35.2 Å². The molecule has 0 N–H and O–H groups in total. The van der Waals surface area contributed by atoms with Crippen LogP contribution in [0.15, 0.2) is 42.6 Å². The molecular weight excluding hydrogens is 296 g/mol. The number of likely N-dealkylation sites (tertiary alicyclic amines) is 1. The fourth-order valence-corrected chi connectivity index (χ4v) is 4.32. The quantitative estimate of drug-likeness (QED) is 0.850. The fourth-order valence-electron chi connectivity index (χ4n) is 4.32. The number of aryl methyl sites for hydroxylation is 1. The lowest BCUT2D eigenvalue weighted by Gasteiger charge is -2.39. The third-order valence-corrected chi connectivity index (χ3v) is 5.73. The maximum atomic E-state index is 12.6. The molecule has 1 aromatic heterocycles. The van der Waals surface area contributed by atoms with E-state index in [2.05, 4.69) is 29.2 Å². The highest BCUT2D eigenvalue weighted by Gasteiger charge is 2.40. The van der Waals surface area contributed by atoms with Gasteiger partial charge in [-0.25, -0.2) is 0 Å². The molecule has 2 aliphatic rings. The van der Waals surface area contributed by atoms with Crippen molar-refractivity contribution in [2.24, 2.45) is 5.41 Å². The number of benzene rings is 1. The van der Waals surface area contributed by atoms with Gasteiger partial charge in [-0.15, -0.1) is 0 Å². The normalized spacial score (nSPS) is 18.6. The number of nitrogens with zero attached hydrogens (tertiary/aromatic N) is 2. The Morgan fingerprint density at radius 1 is 1.12 bits per heavy atom. The number of fused-ring (bicyclic) bond motifs is 1. The molecule has 2 aromatic rings. The Balaban J connectivity index is 1.37. The molecule has 1 spiro atoms. The second-order valence-electron chi connectivity index (χ2n) is 7.50. The monoisotopic (exact) mass is 320 g/mol. The average molecular weight is 320 g/mol. The lowest BCUT2D eigenvalue weighted by atomic mass is 9.76. The molecule has 0 bridgehead atoms. The molecule has 24 heavy (non-hydrogen) atoms. The molecule has 0 radical (unpaired) electrons. The molecule has 0 unspecified atom stereocenters. The van der Waals surface area contributed by atoms with Gasteiger partial charge >= 0.3 is 0 Å². The molecule has 1 saturated heterocycles. The predicted molar refractivity (Wildman–Crippen MR) is 94.8 cm³/mol. The molecule has 1 aliphatic heterocycles. The zero-order chi connectivity index (χ0) is 16.6. The Labute approximate surface area is 143 Å². The van der Waals surface area contributed by atoms with E-state index >= 15 is 0 Å². The molecule has 1 amide bonds. The number of carbonyl (C=O) groups excluding carboxylic acids is 1. The van der Waals surface area contributed by atoms with Crippen molar-refractivity contribution in [2.45, 2.75) is 39.0 Å². The van der Waals surface area contributed by atoms with Crippen LogP contribution in [0.5, 0.6) is 0 Å². The molecule has 3 nitrogen and oxygen atoms in total. The first-order chi connectivity index (χ1) is 11.6. The van der Waals surface area contributed by atoms with Gasteiger partial charge in [0, 0.05) is 25.0 Å². The molecule has 124 valence electrons. The second-order valence-corrected chi connectivity index (χ2v) is 7.50. The van der Waals surface area contributed by atoms with Crippen molar-refractivity contribution < 1.29 is 4.79 Å². The molecule has 1 fully saturated rings. The number of pyridine rings is 1. The highest BCUT2D eigenvalue weighted by atomic mass is 16.2. The van der Waals surface area contributed by atoms with E-state index < -0.39 is 0 Å².